The lowest BCUT2D eigenvalue weighted by atomic mass is 10.1. The lowest BCUT2D eigenvalue weighted by molar-refractivity contribution is -0.197. The van der Waals surface area contributed by atoms with E-state index in [1.165, 1.54) is 5.06 Å². The molecule has 8 heteroatoms. The van der Waals surface area contributed by atoms with Gasteiger partial charge in [0.1, 0.15) is 0 Å². The number of carbonyl (C=O) groups excluding carboxylic acids is 1. The molecular formula is C16H20N6O2. The van der Waals surface area contributed by atoms with Crippen LogP contribution in [0.2, 0.25) is 0 Å². The average Bonchev–Trinajstić information content (AvgIpc) is 3.12. The van der Waals surface area contributed by atoms with Gasteiger partial charge >= 0.3 is 0 Å². The summed E-state index contributed by atoms with van der Waals surface area (Å²) < 4.78 is 1.95. The Labute approximate surface area is 140 Å². The SMILES string of the molecule is O=C(CC1CN(c2ncccn2)Cc2ccnn21)N1CCCCO1. The van der Waals surface area contributed by atoms with E-state index in [0.29, 0.717) is 38.6 Å². The van der Waals surface area contributed by atoms with Gasteiger partial charge in [-0.25, -0.2) is 15.0 Å². The molecule has 2 aromatic rings. The van der Waals surface area contributed by atoms with Crippen molar-refractivity contribution in [3.8, 4) is 0 Å². The molecule has 1 saturated heterocycles. The minimum absolute atomic E-state index is 0.0111. The fraction of sp³-hybridized carbons (Fsp3) is 0.500. The van der Waals surface area contributed by atoms with Crippen LogP contribution in [0.5, 0.6) is 0 Å². The predicted octanol–water partition coefficient (Wildman–Crippen LogP) is 1.18. The Hall–Kier alpha value is -2.48. The maximum Gasteiger partial charge on any atom is 0.248 e. The largest absolute Gasteiger partial charge is 0.333 e. The van der Waals surface area contributed by atoms with Gasteiger partial charge in [-0.15, -0.1) is 0 Å². The molecule has 24 heavy (non-hydrogen) atoms. The molecule has 2 aliphatic rings. The molecule has 1 amide bonds. The molecule has 4 rings (SSSR count). The highest BCUT2D eigenvalue weighted by atomic mass is 16.7. The third kappa shape index (κ3) is 2.96. The molecule has 0 bridgehead atoms. The van der Waals surface area contributed by atoms with Gasteiger partial charge in [0.25, 0.3) is 0 Å². The first-order valence-corrected chi connectivity index (χ1v) is 8.29. The van der Waals surface area contributed by atoms with E-state index in [-0.39, 0.29) is 11.9 Å². The van der Waals surface area contributed by atoms with Gasteiger partial charge in [-0.3, -0.25) is 14.3 Å². The molecule has 4 heterocycles. The van der Waals surface area contributed by atoms with Crippen molar-refractivity contribution in [3.63, 3.8) is 0 Å². The highest BCUT2D eigenvalue weighted by molar-refractivity contribution is 5.75. The quantitative estimate of drug-likeness (QED) is 0.842. The zero-order valence-corrected chi connectivity index (χ0v) is 13.4. The van der Waals surface area contributed by atoms with Gasteiger partial charge in [0.15, 0.2) is 0 Å². The highest BCUT2D eigenvalue weighted by Gasteiger charge is 2.30. The van der Waals surface area contributed by atoms with Crippen molar-refractivity contribution >= 4 is 11.9 Å². The van der Waals surface area contributed by atoms with Crippen LogP contribution in [0.3, 0.4) is 0 Å². The van der Waals surface area contributed by atoms with E-state index in [0.717, 1.165) is 18.5 Å². The van der Waals surface area contributed by atoms with E-state index in [9.17, 15) is 4.79 Å². The molecule has 1 atom stereocenters. The Kier molecular flexibility index (Phi) is 4.12. The van der Waals surface area contributed by atoms with Crippen LogP contribution in [0, 0.1) is 0 Å². The van der Waals surface area contributed by atoms with Crippen molar-refractivity contribution in [1.82, 2.24) is 24.8 Å². The second-order valence-corrected chi connectivity index (χ2v) is 6.09. The van der Waals surface area contributed by atoms with E-state index >= 15 is 0 Å². The molecule has 0 spiro atoms. The van der Waals surface area contributed by atoms with Gasteiger partial charge in [-0.1, -0.05) is 0 Å². The number of hydrogen-bond donors (Lipinski definition) is 0. The first kappa shape index (κ1) is 15.1. The van der Waals surface area contributed by atoms with E-state index in [1.807, 2.05) is 10.7 Å². The van der Waals surface area contributed by atoms with Crippen LogP contribution in [0.15, 0.2) is 30.7 Å². The molecule has 8 nitrogen and oxygen atoms in total. The lowest BCUT2D eigenvalue weighted by Gasteiger charge is -2.35. The normalized spacial score (nSPS) is 20.8. The number of aromatic nitrogens is 4. The second kappa shape index (κ2) is 6.56. The number of amides is 1. The molecule has 0 N–H and O–H groups in total. The van der Waals surface area contributed by atoms with Crippen LogP contribution < -0.4 is 4.90 Å². The molecule has 0 aromatic carbocycles. The second-order valence-electron chi connectivity index (χ2n) is 6.09. The van der Waals surface area contributed by atoms with Crippen molar-refractivity contribution in [2.75, 3.05) is 24.6 Å². The lowest BCUT2D eigenvalue weighted by Crippen LogP contribution is -2.42. The summed E-state index contributed by atoms with van der Waals surface area (Å²) in [5.41, 5.74) is 1.06. The number of carbonyl (C=O) groups is 1. The van der Waals surface area contributed by atoms with Crippen LogP contribution in [0.4, 0.5) is 5.95 Å². The maximum absolute atomic E-state index is 12.6. The number of fused-ring (bicyclic) bond motifs is 1. The summed E-state index contributed by atoms with van der Waals surface area (Å²) in [5, 5.41) is 5.91. The van der Waals surface area contributed by atoms with Gasteiger partial charge in [-0.2, -0.15) is 5.10 Å². The summed E-state index contributed by atoms with van der Waals surface area (Å²) in [6.07, 6.45) is 7.60. The van der Waals surface area contributed by atoms with Crippen molar-refractivity contribution < 1.29 is 9.63 Å². The van der Waals surface area contributed by atoms with E-state index in [1.54, 1.807) is 24.7 Å². The number of hydrogen-bond acceptors (Lipinski definition) is 6. The van der Waals surface area contributed by atoms with Gasteiger partial charge in [-0.05, 0) is 25.0 Å². The molecule has 126 valence electrons. The topological polar surface area (TPSA) is 76.4 Å². The number of hydroxylamine groups is 2. The van der Waals surface area contributed by atoms with Crippen molar-refractivity contribution in [1.29, 1.82) is 0 Å². The van der Waals surface area contributed by atoms with Crippen molar-refractivity contribution in [3.05, 3.63) is 36.4 Å². The van der Waals surface area contributed by atoms with Crippen molar-refractivity contribution in [2.24, 2.45) is 0 Å². The summed E-state index contributed by atoms with van der Waals surface area (Å²) in [6, 6.07) is 3.72. The minimum Gasteiger partial charge on any atom is -0.333 e. The third-order valence-corrected chi connectivity index (χ3v) is 4.41. The highest BCUT2D eigenvalue weighted by Crippen LogP contribution is 2.26. The molecule has 0 saturated carbocycles. The molecule has 1 fully saturated rings. The fourth-order valence-electron chi connectivity index (χ4n) is 3.24. The third-order valence-electron chi connectivity index (χ3n) is 4.41. The molecule has 2 aliphatic heterocycles. The Morgan fingerprint density at radius 3 is 2.92 bits per heavy atom. The molecule has 2 aromatic heterocycles. The zero-order chi connectivity index (χ0) is 16.4. The van der Waals surface area contributed by atoms with Crippen LogP contribution in [0.25, 0.3) is 0 Å². The monoisotopic (exact) mass is 328 g/mol. The summed E-state index contributed by atoms with van der Waals surface area (Å²) in [4.78, 5) is 28.8. The van der Waals surface area contributed by atoms with Crippen LogP contribution in [-0.2, 0) is 16.2 Å². The van der Waals surface area contributed by atoms with E-state index in [2.05, 4.69) is 20.0 Å². The van der Waals surface area contributed by atoms with Crippen LogP contribution >= 0.6 is 0 Å². The van der Waals surface area contributed by atoms with Gasteiger partial charge in [0.05, 0.1) is 31.3 Å². The Bertz CT molecular complexity index is 698. The smallest absolute Gasteiger partial charge is 0.248 e. The Morgan fingerprint density at radius 1 is 1.25 bits per heavy atom. The van der Waals surface area contributed by atoms with E-state index in [4.69, 9.17) is 4.84 Å². The molecule has 1 unspecified atom stereocenters. The minimum atomic E-state index is -0.0504. The van der Waals surface area contributed by atoms with Crippen LogP contribution in [0.1, 0.15) is 31.0 Å². The number of nitrogens with zero attached hydrogens (tertiary/aromatic N) is 6. The van der Waals surface area contributed by atoms with Gasteiger partial charge < -0.3 is 4.90 Å². The Balaban J connectivity index is 1.52. The van der Waals surface area contributed by atoms with Crippen molar-refractivity contribution in [2.45, 2.75) is 31.8 Å². The van der Waals surface area contributed by atoms with Gasteiger partial charge in [0.2, 0.25) is 11.9 Å². The molecular weight excluding hydrogens is 308 g/mol. The number of anilines is 1. The fourth-order valence-corrected chi connectivity index (χ4v) is 3.24. The summed E-state index contributed by atoms with van der Waals surface area (Å²) in [6.45, 7) is 2.63. The van der Waals surface area contributed by atoms with E-state index < -0.39 is 0 Å². The summed E-state index contributed by atoms with van der Waals surface area (Å²) in [5.74, 6) is 0.689. The Morgan fingerprint density at radius 2 is 2.12 bits per heavy atom. The predicted molar refractivity (Wildman–Crippen MR) is 85.9 cm³/mol. The molecule has 0 aliphatic carbocycles. The average molecular weight is 328 g/mol. The van der Waals surface area contributed by atoms with Gasteiger partial charge in [0, 0.05) is 31.7 Å². The first-order chi connectivity index (χ1) is 11.8. The molecule has 0 radical (unpaired) electrons. The summed E-state index contributed by atoms with van der Waals surface area (Å²) >= 11 is 0. The van der Waals surface area contributed by atoms with Crippen LogP contribution in [-0.4, -0.2) is 50.4 Å². The summed E-state index contributed by atoms with van der Waals surface area (Å²) in [7, 11) is 0. The standard InChI is InChI=1S/C16H20N6O2/c23-15(21-8-1-2-9-24-21)10-14-12-20(16-17-5-3-6-18-16)11-13-4-7-19-22(13)14/h3-7,14H,1-2,8-12H2. The first-order valence-electron chi connectivity index (χ1n) is 8.29. The maximum atomic E-state index is 12.6. The number of rotatable bonds is 3. The zero-order valence-electron chi connectivity index (χ0n) is 13.4.